The summed E-state index contributed by atoms with van der Waals surface area (Å²) < 4.78 is 8.31. The molecular formula is C57H63N3O. The van der Waals surface area contributed by atoms with Gasteiger partial charge in [0.1, 0.15) is 11.2 Å². The van der Waals surface area contributed by atoms with Crippen molar-refractivity contribution in [3.8, 4) is 28.5 Å². The number of aryl methyl sites for hydroxylation is 2. The number of aromatic nitrogens is 3. The van der Waals surface area contributed by atoms with Gasteiger partial charge in [-0.15, -0.1) is 10.2 Å². The Bertz CT molecular complexity index is 2700. The molecular weight excluding hydrogens is 743 g/mol. The van der Waals surface area contributed by atoms with Crippen molar-refractivity contribution < 1.29 is 4.42 Å². The Hall–Kier alpha value is -5.74. The molecule has 0 N–H and O–H groups in total. The Morgan fingerprint density at radius 2 is 1.05 bits per heavy atom. The summed E-state index contributed by atoms with van der Waals surface area (Å²) in [5.41, 5.74) is 13.9. The van der Waals surface area contributed by atoms with Crippen LogP contribution in [0.1, 0.15) is 102 Å². The fraction of sp³-hybridized carbons (Fsp3) is 0.333. The average molecular weight is 806 g/mol. The fourth-order valence-corrected chi connectivity index (χ4v) is 9.43. The van der Waals surface area contributed by atoms with Crippen molar-refractivity contribution in [2.24, 2.45) is 17.3 Å². The number of furan rings is 1. The summed E-state index contributed by atoms with van der Waals surface area (Å²) in [5.74, 6) is 2.84. The number of rotatable bonds is 14. The lowest BCUT2D eigenvalue weighted by Crippen LogP contribution is -2.13. The first-order valence-electron chi connectivity index (χ1n) is 22.5. The molecule has 2 heterocycles. The molecule has 0 aliphatic rings. The van der Waals surface area contributed by atoms with Crippen molar-refractivity contribution in [2.75, 3.05) is 0 Å². The lowest BCUT2D eigenvalue weighted by atomic mass is 9.82. The minimum atomic E-state index is 0.0871. The Labute approximate surface area is 364 Å². The van der Waals surface area contributed by atoms with E-state index in [9.17, 15) is 0 Å². The average Bonchev–Trinajstić information content (AvgIpc) is 3.83. The van der Waals surface area contributed by atoms with Crippen LogP contribution in [0.15, 0.2) is 144 Å². The third kappa shape index (κ3) is 10.2. The lowest BCUT2D eigenvalue weighted by molar-refractivity contribution is 0.306. The number of para-hydroxylation sites is 2. The quantitative estimate of drug-likeness (QED) is 0.110. The van der Waals surface area contributed by atoms with Crippen LogP contribution < -0.4 is 0 Å². The first-order valence-corrected chi connectivity index (χ1v) is 22.5. The maximum Gasteiger partial charge on any atom is 0.168 e. The Balaban J connectivity index is 0.971. The van der Waals surface area contributed by atoms with Crippen LogP contribution in [0.3, 0.4) is 0 Å². The molecule has 0 aliphatic heterocycles. The van der Waals surface area contributed by atoms with Gasteiger partial charge in [-0.2, -0.15) is 0 Å². The van der Waals surface area contributed by atoms with Crippen molar-refractivity contribution in [3.63, 3.8) is 0 Å². The van der Waals surface area contributed by atoms with Gasteiger partial charge in [0.05, 0.1) is 0 Å². The highest BCUT2D eigenvalue weighted by atomic mass is 16.3. The van der Waals surface area contributed by atoms with E-state index in [4.69, 9.17) is 14.6 Å². The minimum absolute atomic E-state index is 0.0871. The zero-order valence-electron chi connectivity index (χ0n) is 37.6. The van der Waals surface area contributed by atoms with Crippen LogP contribution in [0.4, 0.5) is 0 Å². The smallest absolute Gasteiger partial charge is 0.168 e. The molecule has 0 spiro atoms. The summed E-state index contributed by atoms with van der Waals surface area (Å²) in [7, 11) is 0. The first-order chi connectivity index (χ1) is 29.3. The maximum atomic E-state index is 6.12. The molecule has 4 nitrogen and oxygen atoms in total. The zero-order valence-corrected chi connectivity index (χ0v) is 37.6. The Morgan fingerprint density at radius 1 is 0.508 bits per heavy atom. The molecule has 0 fully saturated rings. The molecule has 0 aliphatic carbocycles. The monoisotopic (exact) mass is 805 g/mol. The number of benzene rings is 6. The number of hydrogen-bond acceptors (Lipinski definition) is 3. The lowest BCUT2D eigenvalue weighted by Gasteiger charge is -2.24. The molecule has 61 heavy (non-hydrogen) atoms. The molecule has 0 saturated carbocycles. The van der Waals surface area contributed by atoms with Gasteiger partial charge < -0.3 is 4.42 Å². The first kappa shape index (κ1) is 42.0. The summed E-state index contributed by atoms with van der Waals surface area (Å²) in [4.78, 5) is 0. The summed E-state index contributed by atoms with van der Waals surface area (Å²) in [6.45, 7) is 18.7. The second kappa shape index (κ2) is 17.7. The van der Waals surface area contributed by atoms with Gasteiger partial charge in [0, 0.05) is 27.6 Å². The molecule has 8 rings (SSSR count). The van der Waals surface area contributed by atoms with Crippen LogP contribution in [0.5, 0.6) is 0 Å². The second-order valence-corrected chi connectivity index (χ2v) is 20.1. The van der Waals surface area contributed by atoms with Gasteiger partial charge in [-0.1, -0.05) is 165 Å². The molecule has 312 valence electrons. The van der Waals surface area contributed by atoms with E-state index in [0.717, 1.165) is 78.2 Å². The zero-order chi connectivity index (χ0) is 42.7. The molecule has 0 saturated heterocycles. The highest BCUT2D eigenvalue weighted by Gasteiger charge is 2.20. The summed E-state index contributed by atoms with van der Waals surface area (Å²) in [6, 6.07) is 50.8. The molecule has 2 atom stereocenters. The van der Waals surface area contributed by atoms with Crippen molar-refractivity contribution in [2.45, 2.75) is 106 Å². The van der Waals surface area contributed by atoms with E-state index in [0.29, 0.717) is 17.3 Å². The molecule has 0 radical (unpaired) electrons. The van der Waals surface area contributed by atoms with E-state index in [2.05, 4.69) is 193 Å². The molecule has 2 aromatic heterocycles. The van der Waals surface area contributed by atoms with Gasteiger partial charge in [0.25, 0.3) is 0 Å². The SMILES string of the molecule is CC(Cc1cc(CCCc2ccc(-c3nnc(-c4ccc(C(C)(C)C)cc4)n3-c3ccccc3)cc2)cc(CC(C)CC(C)(C)C)c1)Cc1ccc2oc3ccccc3c2c1. The van der Waals surface area contributed by atoms with Gasteiger partial charge in [-0.3, -0.25) is 4.57 Å². The standard InChI is InChI=1S/C57H63N3O/c1-39(31-43-23-30-53-51(37-43)50-19-12-13-20-52(50)61-53)32-44-34-42(35-45(36-44)33-40(2)38-56(3,4)5)16-14-15-41-21-24-46(25-22-41)54-58-59-55(60(54)49-17-10-9-11-18-49)47-26-28-48(29-27-47)57(6,7)8/h9-13,17-30,34-37,39-40H,14-16,31-33,38H2,1-8H3. The Kier molecular flexibility index (Phi) is 12.2. The van der Waals surface area contributed by atoms with Gasteiger partial charge in [0.2, 0.25) is 0 Å². The van der Waals surface area contributed by atoms with Crippen LogP contribution >= 0.6 is 0 Å². The molecule has 2 unspecified atom stereocenters. The highest BCUT2D eigenvalue weighted by Crippen LogP contribution is 2.33. The van der Waals surface area contributed by atoms with E-state index in [1.54, 1.807) is 0 Å². The van der Waals surface area contributed by atoms with E-state index < -0.39 is 0 Å². The number of fused-ring (bicyclic) bond motifs is 3. The summed E-state index contributed by atoms with van der Waals surface area (Å²) >= 11 is 0. The van der Waals surface area contributed by atoms with Crippen LogP contribution in [0, 0.1) is 17.3 Å². The normalized spacial score (nSPS) is 13.2. The minimum Gasteiger partial charge on any atom is -0.456 e. The van der Waals surface area contributed by atoms with Crippen molar-refractivity contribution in [1.82, 2.24) is 14.8 Å². The van der Waals surface area contributed by atoms with E-state index in [1.165, 1.54) is 50.6 Å². The third-order valence-electron chi connectivity index (χ3n) is 12.1. The van der Waals surface area contributed by atoms with Gasteiger partial charge in [-0.05, 0) is 131 Å². The molecule has 6 aromatic carbocycles. The van der Waals surface area contributed by atoms with Crippen molar-refractivity contribution in [3.05, 3.63) is 173 Å². The summed E-state index contributed by atoms with van der Waals surface area (Å²) in [6.07, 6.45) is 7.64. The van der Waals surface area contributed by atoms with Crippen LogP contribution in [0.25, 0.3) is 50.4 Å². The Morgan fingerprint density at radius 3 is 1.70 bits per heavy atom. The van der Waals surface area contributed by atoms with E-state index in [-0.39, 0.29) is 5.41 Å². The van der Waals surface area contributed by atoms with Gasteiger partial charge in [0.15, 0.2) is 11.6 Å². The van der Waals surface area contributed by atoms with Gasteiger partial charge >= 0.3 is 0 Å². The number of hydrogen-bond donors (Lipinski definition) is 0. The topological polar surface area (TPSA) is 43.9 Å². The third-order valence-corrected chi connectivity index (χ3v) is 12.1. The largest absolute Gasteiger partial charge is 0.456 e. The van der Waals surface area contributed by atoms with Crippen LogP contribution in [-0.4, -0.2) is 14.8 Å². The molecule has 0 bridgehead atoms. The highest BCUT2D eigenvalue weighted by molar-refractivity contribution is 6.05. The summed E-state index contributed by atoms with van der Waals surface area (Å²) in [5, 5.41) is 11.9. The predicted molar refractivity (Wildman–Crippen MR) is 257 cm³/mol. The maximum absolute atomic E-state index is 6.12. The molecule has 4 heteroatoms. The molecule has 8 aromatic rings. The van der Waals surface area contributed by atoms with E-state index >= 15 is 0 Å². The van der Waals surface area contributed by atoms with Crippen molar-refractivity contribution >= 4 is 21.9 Å². The number of nitrogens with zero attached hydrogens (tertiary/aromatic N) is 3. The fourth-order valence-electron chi connectivity index (χ4n) is 9.43. The predicted octanol–water partition coefficient (Wildman–Crippen LogP) is 15.0. The second-order valence-electron chi connectivity index (χ2n) is 20.1. The van der Waals surface area contributed by atoms with E-state index in [1.807, 2.05) is 6.07 Å². The van der Waals surface area contributed by atoms with Crippen LogP contribution in [-0.2, 0) is 37.5 Å². The molecule has 0 amide bonds. The van der Waals surface area contributed by atoms with Crippen molar-refractivity contribution in [1.29, 1.82) is 0 Å². The van der Waals surface area contributed by atoms with Crippen LogP contribution in [0.2, 0.25) is 0 Å². The van der Waals surface area contributed by atoms with Gasteiger partial charge in [-0.25, -0.2) is 0 Å².